The summed E-state index contributed by atoms with van der Waals surface area (Å²) in [5.41, 5.74) is -1.76. The summed E-state index contributed by atoms with van der Waals surface area (Å²) in [6.07, 6.45) is -0.378. The van der Waals surface area contributed by atoms with E-state index in [9.17, 15) is 29.3 Å². The fourth-order valence-corrected chi connectivity index (χ4v) is 3.47. The van der Waals surface area contributed by atoms with Crippen molar-refractivity contribution in [2.45, 2.75) is 31.7 Å². The summed E-state index contributed by atoms with van der Waals surface area (Å²) in [5, 5.41) is 28.0. The molecule has 3 atom stereocenters. The number of likely N-dealkylation sites (N-methyl/N-ethyl adjacent to an activating group) is 1. The van der Waals surface area contributed by atoms with Gasteiger partial charge in [-0.25, -0.2) is 9.36 Å². The third kappa shape index (κ3) is 6.32. The van der Waals surface area contributed by atoms with Crippen molar-refractivity contribution in [2.75, 3.05) is 41.0 Å². The van der Waals surface area contributed by atoms with Crippen LogP contribution < -0.4 is 0 Å². The number of nitrogens with zero attached hydrogens (tertiary/aromatic N) is 1. The van der Waals surface area contributed by atoms with Gasteiger partial charge in [-0.05, 0) is 12.8 Å². The zero-order chi connectivity index (χ0) is 19.9. The zero-order valence-corrected chi connectivity index (χ0v) is 15.9. The minimum atomic E-state index is -4.72. The fraction of sp³-hybridized carbons (Fsp3) is 0.857. The summed E-state index contributed by atoms with van der Waals surface area (Å²) in [5.74, 6) is -3.34. The van der Waals surface area contributed by atoms with Gasteiger partial charge in [-0.2, -0.15) is 0 Å². The van der Waals surface area contributed by atoms with E-state index in [4.69, 9.17) is 5.11 Å². The molecule has 0 aromatic heterocycles. The number of carboxylic acid groups (broad SMARTS) is 1. The van der Waals surface area contributed by atoms with Gasteiger partial charge in [0, 0.05) is 12.5 Å². The number of aliphatic hydroxyl groups excluding tert-OH is 2. The van der Waals surface area contributed by atoms with Gasteiger partial charge in [0.1, 0.15) is 6.42 Å². The summed E-state index contributed by atoms with van der Waals surface area (Å²) in [6.45, 7) is 0.626. The minimum Gasteiger partial charge on any atom is -0.477 e. The maximum Gasteiger partial charge on any atom is 0.529 e. The molecular weight excluding hydrogens is 357 g/mol. The van der Waals surface area contributed by atoms with Gasteiger partial charge >= 0.3 is 19.8 Å². The van der Waals surface area contributed by atoms with E-state index in [2.05, 4.69) is 9.05 Å². The Bertz CT molecular complexity index is 501. The summed E-state index contributed by atoms with van der Waals surface area (Å²) < 4.78 is 20.5. The number of carbonyl (C=O) groups excluding carboxylic acids is 1. The number of aliphatic hydroxyl groups is 2. The number of rotatable bonds is 12. The highest BCUT2D eigenvalue weighted by molar-refractivity contribution is 7.48. The Hall–Kier alpha value is -1.03. The summed E-state index contributed by atoms with van der Waals surface area (Å²) in [7, 11) is -0.0624. The van der Waals surface area contributed by atoms with E-state index < -0.39 is 44.2 Å². The molecule has 0 aliphatic carbocycles. The van der Waals surface area contributed by atoms with Gasteiger partial charge in [-0.3, -0.25) is 14.2 Å². The second kappa shape index (κ2) is 9.61. The molecule has 0 rings (SSSR count). The second-order valence-electron chi connectivity index (χ2n) is 6.55. The van der Waals surface area contributed by atoms with Gasteiger partial charge in [0.05, 0.1) is 34.4 Å². The first-order valence-electron chi connectivity index (χ1n) is 7.84. The SMILES string of the molecule is CCC(CO)C(CC(=O)OP(=O)(O)OCCCO)(C(=O)O)[N+](C)(C)C. The average Bonchev–Trinajstić information content (AvgIpc) is 2.45. The van der Waals surface area contributed by atoms with Crippen LogP contribution in [-0.2, 0) is 23.2 Å². The zero-order valence-electron chi connectivity index (χ0n) is 15.0. The van der Waals surface area contributed by atoms with Gasteiger partial charge < -0.3 is 24.3 Å². The number of quaternary nitrogens is 1. The number of hydrogen-bond acceptors (Lipinski definition) is 7. The molecule has 0 heterocycles. The van der Waals surface area contributed by atoms with E-state index in [1.807, 2.05) is 0 Å². The lowest BCUT2D eigenvalue weighted by atomic mass is 9.77. The van der Waals surface area contributed by atoms with Crippen molar-refractivity contribution in [1.82, 2.24) is 0 Å². The highest BCUT2D eigenvalue weighted by Gasteiger charge is 2.58. The molecule has 11 heteroatoms. The molecule has 0 aliphatic rings. The molecule has 0 amide bonds. The maximum atomic E-state index is 12.2. The molecule has 10 nitrogen and oxygen atoms in total. The smallest absolute Gasteiger partial charge is 0.477 e. The Balaban J connectivity index is 5.49. The molecule has 0 bridgehead atoms. The topological polar surface area (TPSA) is 151 Å². The lowest BCUT2D eigenvalue weighted by Gasteiger charge is -2.46. The molecule has 0 radical (unpaired) electrons. The lowest BCUT2D eigenvalue weighted by Crippen LogP contribution is -2.67. The van der Waals surface area contributed by atoms with Crippen LogP contribution in [0.3, 0.4) is 0 Å². The van der Waals surface area contributed by atoms with E-state index in [-0.39, 0.29) is 30.5 Å². The summed E-state index contributed by atoms with van der Waals surface area (Å²) >= 11 is 0. The van der Waals surface area contributed by atoms with Crippen molar-refractivity contribution < 1.29 is 47.9 Å². The van der Waals surface area contributed by atoms with Gasteiger partial charge in [0.25, 0.3) is 0 Å². The molecule has 0 saturated carbocycles. The van der Waals surface area contributed by atoms with Gasteiger partial charge in [0.15, 0.2) is 0 Å². The van der Waals surface area contributed by atoms with E-state index in [1.165, 1.54) is 0 Å². The van der Waals surface area contributed by atoms with E-state index >= 15 is 0 Å². The van der Waals surface area contributed by atoms with E-state index in [0.29, 0.717) is 0 Å². The first-order valence-corrected chi connectivity index (χ1v) is 9.33. The maximum absolute atomic E-state index is 12.2. The predicted molar refractivity (Wildman–Crippen MR) is 87.5 cm³/mol. The number of phosphoric acid groups is 1. The first kappa shape index (κ1) is 24.0. The monoisotopic (exact) mass is 386 g/mol. The van der Waals surface area contributed by atoms with Crippen LogP contribution in [-0.4, -0.2) is 83.1 Å². The standard InChI is InChI=1S/C14H28NO9P/c1-5-11(10-17)14(13(19)20,15(2,3)4)9-12(18)24-25(21,22)23-8-6-7-16/h11,16-17H,5-10H2,1-4H3,(H-,19,20,21,22)/p+1. The van der Waals surface area contributed by atoms with Crippen LogP contribution in [0.1, 0.15) is 26.2 Å². The Morgan fingerprint density at radius 3 is 2.16 bits per heavy atom. The molecular formula is C14H29NO9P+. The lowest BCUT2D eigenvalue weighted by molar-refractivity contribution is -0.918. The third-order valence-electron chi connectivity index (χ3n) is 4.14. The number of aliphatic carboxylic acids is 1. The van der Waals surface area contributed by atoms with Crippen molar-refractivity contribution >= 4 is 19.8 Å². The number of carbonyl (C=O) groups is 2. The Kier molecular flexibility index (Phi) is 9.21. The van der Waals surface area contributed by atoms with Crippen LogP contribution >= 0.6 is 7.82 Å². The van der Waals surface area contributed by atoms with Gasteiger partial charge in [0.2, 0.25) is 5.54 Å². The van der Waals surface area contributed by atoms with Crippen molar-refractivity contribution in [3.63, 3.8) is 0 Å². The number of phosphoric ester groups is 1. The van der Waals surface area contributed by atoms with E-state index in [0.717, 1.165) is 0 Å². The van der Waals surface area contributed by atoms with Crippen LogP contribution in [0.25, 0.3) is 0 Å². The van der Waals surface area contributed by atoms with Gasteiger partial charge in [-0.15, -0.1) is 0 Å². The van der Waals surface area contributed by atoms with Crippen LogP contribution in [0, 0.1) is 5.92 Å². The quantitative estimate of drug-likeness (QED) is 0.206. The molecule has 0 aromatic carbocycles. The van der Waals surface area contributed by atoms with Crippen LogP contribution in [0.2, 0.25) is 0 Å². The molecule has 0 saturated heterocycles. The highest BCUT2D eigenvalue weighted by Crippen LogP contribution is 2.45. The van der Waals surface area contributed by atoms with E-state index in [1.54, 1.807) is 28.1 Å². The third-order valence-corrected chi connectivity index (χ3v) is 5.09. The molecule has 0 spiro atoms. The van der Waals surface area contributed by atoms with Crippen molar-refractivity contribution in [1.29, 1.82) is 0 Å². The molecule has 0 aliphatic heterocycles. The van der Waals surface area contributed by atoms with Crippen molar-refractivity contribution in [2.24, 2.45) is 5.92 Å². The van der Waals surface area contributed by atoms with Crippen molar-refractivity contribution in [3.8, 4) is 0 Å². The molecule has 3 unspecified atom stereocenters. The molecule has 148 valence electrons. The molecule has 25 heavy (non-hydrogen) atoms. The van der Waals surface area contributed by atoms with Gasteiger partial charge in [-0.1, -0.05) is 6.92 Å². The minimum absolute atomic E-state index is 0.0719. The van der Waals surface area contributed by atoms with Crippen LogP contribution in [0.5, 0.6) is 0 Å². The fourth-order valence-electron chi connectivity index (χ4n) is 2.74. The second-order valence-corrected chi connectivity index (χ2v) is 7.93. The average molecular weight is 386 g/mol. The largest absolute Gasteiger partial charge is 0.529 e. The first-order chi connectivity index (χ1) is 11.4. The highest BCUT2D eigenvalue weighted by atomic mass is 31.2. The number of hydrogen-bond donors (Lipinski definition) is 4. The van der Waals surface area contributed by atoms with Crippen molar-refractivity contribution in [3.05, 3.63) is 0 Å². The van der Waals surface area contributed by atoms with Crippen LogP contribution in [0.4, 0.5) is 0 Å². The Morgan fingerprint density at radius 2 is 1.80 bits per heavy atom. The summed E-state index contributed by atoms with van der Waals surface area (Å²) in [6, 6.07) is 0. The predicted octanol–water partition coefficient (Wildman–Crippen LogP) is -0.0328. The molecule has 0 fully saturated rings. The van der Waals surface area contributed by atoms with Crippen LogP contribution in [0.15, 0.2) is 0 Å². The Morgan fingerprint density at radius 1 is 1.24 bits per heavy atom. The normalized spacial score (nSPS) is 18.0. The Labute approximate surface area is 147 Å². The molecule has 0 aromatic rings. The number of carboxylic acids is 1. The summed E-state index contributed by atoms with van der Waals surface area (Å²) in [4.78, 5) is 33.7. The molecule has 4 N–H and O–H groups in total.